The average Bonchev–Trinajstić information content (AvgIpc) is 2.68. The molecule has 0 atom stereocenters. The molecular formula is C18H18FN3O4. The van der Waals surface area contributed by atoms with Crippen LogP contribution in [0.1, 0.15) is 10.4 Å². The molecule has 0 aliphatic carbocycles. The highest BCUT2D eigenvalue weighted by Crippen LogP contribution is 2.21. The topological polar surface area (TPSA) is 80.8 Å². The average molecular weight is 359 g/mol. The van der Waals surface area contributed by atoms with Crippen molar-refractivity contribution in [1.82, 2.24) is 9.88 Å². The molecule has 26 heavy (non-hydrogen) atoms. The maximum absolute atomic E-state index is 13.8. The Labute approximate surface area is 149 Å². The zero-order valence-electron chi connectivity index (χ0n) is 14.0. The van der Waals surface area contributed by atoms with Crippen molar-refractivity contribution in [3.05, 3.63) is 54.0 Å². The fraction of sp³-hybridized carbons (Fsp3) is 0.278. The normalized spacial score (nSPS) is 14.0. The van der Waals surface area contributed by atoms with Gasteiger partial charge in [0.25, 0.3) is 5.91 Å². The summed E-state index contributed by atoms with van der Waals surface area (Å²) in [7, 11) is 0. The van der Waals surface area contributed by atoms with Gasteiger partial charge in [-0.3, -0.25) is 4.79 Å². The smallest absolute Gasteiger partial charge is 0.342 e. The van der Waals surface area contributed by atoms with Crippen LogP contribution >= 0.6 is 0 Å². The largest absolute Gasteiger partial charge is 0.452 e. The van der Waals surface area contributed by atoms with Crippen molar-refractivity contribution in [3.63, 3.8) is 0 Å². The molecular weight excluding hydrogens is 341 g/mol. The SMILES string of the molecule is O=C(OCC(=O)N1CCOCC1)c1cccnc1Nc1ccccc1F. The lowest BCUT2D eigenvalue weighted by atomic mass is 10.2. The third-order valence-corrected chi connectivity index (χ3v) is 3.85. The third kappa shape index (κ3) is 4.34. The number of esters is 1. The second-order valence-electron chi connectivity index (χ2n) is 5.57. The molecule has 3 rings (SSSR count). The highest BCUT2D eigenvalue weighted by Gasteiger charge is 2.20. The van der Waals surface area contributed by atoms with Crippen LogP contribution in [0, 0.1) is 5.82 Å². The van der Waals surface area contributed by atoms with Gasteiger partial charge in [-0.15, -0.1) is 0 Å². The summed E-state index contributed by atoms with van der Waals surface area (Å²) in [6, 6.07) is 9.11. The predicted octanol–water partition coefficient (Wildman–Crippen LogP) is 1.98. The van der Waals surface area contributed by atoms with Crippen LogP contribution < -0.4 is 5.32 Å². The molecule has 0 saturated carbocycles. The number of hydrogen-bond acceptors (Lipinski definition) is 6. The molecule has 2 aromatic rings. The van der Waals surface area contributed by atoms with Crippen molar-refractivity contribution in [3.8, 4) is 0 Å². The van der Waals surface area contributed by atoms with Crippen LogP contribution in [0.4, 0.5) is 15.9 Å². The number of carbonyl (C=O) groups excluding carboxylic acids is 2. The zero-order chi connectivity index (χ0) is 18.4. The standard InChI is InChI=1S/C18H18FN3O4/c19-14-5-1-2-6-15(14)21-17-13(4-3-7-20-17)18(24)26-12-16(23)22-8-10-25-11-9-22/h1-7H,8-12H2,(H,20,21). The number of hydrogen-bond donors (Lipinski definition) is 1. The van der Waals surface area contributed by atoms with E-state index in [0.29, 0.717) is 26.3 Å². The van der Waals surface area contributed by atoms with Crippen molar-refractivity contribution < 1.29 is 23.5 Å². The number of benzene rings is 1. The number of para-hydroxylation sites is 1. The monoisotopic (exact) mass is 359 g/mol. The molecule has 1 aliphatic heterocycles. The maximum atomic E-state index is 13.8. The van der Waals surface area contributed by atoms with E-state index in [2.05, 4.69) is 10.3 Å². The van der Waals surface area contributed by atoms with Crippen molar-refractivity contribution in [1.29, 1.82) is 0 Å². The Morgan fingerprint density at radius 3 is 2.73 bits per heavy atom. The first-order valence-corrected chi connectivity index (χ1v) is 8.14. The minimum absolute atomic E-state index is 0.116. The first-order valence-electron chi connectivity index (χ1n) is 8.14. The van der Waals surface area contributed by atoms with Gasteiger partial charge in [-0.2, -0.15) is 0 Å². The van der Waals surface area contributed by atoms with Gasteiger partial charge in [0.05, 0.1) is 18.9 Å². The van der Waals surface area contributed by atoms with Crippen molar-refractivity contribution in [2.75, 3.05) is 38.2 Å². The number of morpholine rings is 1. The molecule has 8 heteroatoms. The summed E-state index contributed by atoms with van der Waals surface area (Å²) in [6.45, 7) is 1.53. The summed E-state index contributed by atoms with van der Waals surface area (Å²) >= 11 is 0. The number of anilines is 2. The van der Waals surface area contributed by atoms with Gasteiger partial charge in [-0.25, -0.2) is 14.2 Å². The number of ether oxygens (including phenoxy) is 2. The Morgan fingerprint density at radius 2 is 1.96 bits per heavy atom. The molecule has 0 unspecified atom stereocenters. The van der Waals surface area contributed by atoms with Crippen LogP contribution in [0.25, 0.3) is 0 Å². The van der Waals surface area contributed by atoms with Gasteiger partial charge in [0, 0.05) is 19.3 Å². The van der Waals surface area contributed by atoms with E-state index in [0.717, 1.165) is 0 Å². The van der Waals surface area contributed by atoms with Crippen LogP contribution in [0.3, 0.4) is 0 Å². The van der Waals surface area contributed by atoms with Crippen molar-refractivity contribution >= 4 is 23.4 Å². The first kappa shape index (κ1) is 17.8. The van der Waals surface area contributed by atoms with E-state index in [9.17, 15) is 14.0 Å². The van der Waals surface area contributed by atoms with E-state index >= 15 is 0 Å². The molecule has 1 aromatic heterocycles. The minimum Gasteiger partial charge on any atom is -0.452 e. The summed E-state index contributed by atoms with van der Waals surface area (Å²) in [5.41, 5.74) is 0.301. The summed E-state index contributed by atoms with van der Waals surface area (Å²) in [6.07, 6.45) is 1.47. The highest BCUT2D eigenvalue weighted by molar-refractivity contribution is 5.96. The Kier molecular flexibility index (Phi) is 5.75. The van der Waals surface area contributed by atoms with Crippen molar-refractivity contribution in [2.24, 2.45) is 0 Å². The minimum atomic E-state index is -0.710. The van der Waals surface area contributed by atoms with E-state index < -0.39 is 11.8 Å². The van der Waals surface area contributed by atoms with Gasteiger partial charge in [-0.05, 0) is 24.3 Å². The predicted molar refractivity (Wildman–Crippen MR) is 91.6 cm³/mol. The van der Waals surface area contributed by atoms with Crippen LogP contribution in [-0.4, -0.2) is 54.7 Å². The lowest BCUT2D eigenvalue weighted by Gasteiger charge is -2.26. The van der Waals surface area contributed by atoms with Gasteiger partial charge >= 0.3 is 5.97 Å². The number of rotatable bonds is 5. The molecule has 136 valence electrons. The zero-order valence-corrected chi connectivity index (χ0v) is 14.0. The number of nitrogens with zero attached hydrogens (tertiary/aromatic N) is 2. The molecule has 1 saturated heterocycles. The van der Waals surface area contributed by atoms with Crippen LogP contribution in [0.2, 0.25) is 0 Å². The fourth-order valence-corrected chi connectivity index (χ4v) is 2.47. The van der Waals surface area contributed by atoms with E-state index in [1.165, 1.54) is 24.4 Å². The number of aromatic nitrogens is 1. The number of pyridine rings is 1. The maximum Gasteiger partial charge on any atom is 0.342 e. The molecule has 2 heterocycles. The number of halogens is 1. The third-order valence-electron chi connectivity index (χ3n) is 3.85. The molecule has 0 bridgehead atoms. The van der Waals surface area contributed by atoms with E-state index in [1.807, 2.05) is 0 Å². The number of amides is 1. The quantitative estimate of drug-likeness (QED) is 0.823. The Bertz CT molecular complexity index is 794. The van der Waals surface area contributed by atoms with E-state index in [-0.39, 0.29) is 29.6 Å². The van der Waals surface area contributed by atoms with Gasteiger partial charge < -0.3 is 19.7 Å². The molecule has 1 amide bonds. The lowest BCUT2D eigenvalue weighted by Crippen LogP contribution is -2.42. The second kappa shape index (κ2) is 8.39. The van der Waals surface area contributed by atoms with E-state index in [1.54, 1.807) is 23.1 Å². The summed E-state index contributed by atoms with van der Waals surface area (Å²) in [5.74, 6) is -1.31. The summed E-state index contributed by atoms with van der Waals surface area (Å²) in [4.78, 5) is 30.0. The number of carbonyl (C=O) groups is 2. The highest BCUT2D eigenvalue weighted by atomic mass is 19.1. The van der Waals surface area contributed by atoms with Crippen LogP contribution in [-0.2, 0) is 14.3 Å². The summed E-state index contributed by atoms with van der Waals surface area (Å²) < 4.78 is 24.1. The molecule has 0 radical (unpaired) electrons. The van der Waals surface area contributed by atoms with Crippen LogP contribution in [0.15, 0.2) is 42.6 Å². The molecule has 0 spiro atoms. The Hall–Kier alpha value is -3.00. The number of nitrogens with one attached hydrogen (secondary N) is 1. The molecule has 7 nitrogen and oxygen atoms in total. The lowest BCUT2D eigenvalue weighted by molar-refractivity contribution is -0.138. The van der Waals surface area contributed by atoms with Gasteiger partial charge in [0.1, 0.15) is 17.2 Å². The van der Waals surface area contributed by atoms with Crippen LogP contribution in [0.5, 0.6) is 0 Å². The van der Waals surface area contributed by atoms with E-state index in [4.69, 9.17) is 9.47 Å². The van der Waals surface area contributed by atoms with Gasteiger partial charge in [0.2, 0.25) is 0 Å². The fourth-order valence-electron chi connectivity index (χ4n) is 2.47. The molecule has 1 aromatic carbocycles. The first-order chi connectivity index (χ1) is 12.6. The Morgan fingerprint density at radius 1 is 1.19 bits per heavy atom. The molecule has 1 N–H and O–H groups in total. The van der Waals surface area contributed by atoms with Crippen molar-refractivity contribution in [2.45, 2.75) is 0 Å². The summed E-state index contributed by atoms with van der Waals surface area (Å²) in [5, 5.41) is 2.77. The molecule has 1 fully saturated rings. The van der Waals surface area contributed by atoms with Gasteiger partial charge in [-0.1, -0.05) is 12.1 Å². The second-order valence-corrected chi connectivity index (χ2v) is 5.57. The molecule has 1 aliphatic rings. The van der Waals surface area contributed by atoms with Gasteiger partial charge in [0.15, 0.2) is 6.61 Å². The Balaban J connectivity index is 1.66.